The molecule has 58 heavy (non-hydrogen) atoms. The number of para-hydroxylation sites is 1. The fourth-order valence-electron chi connectivity index (χ4n) is 10.2. The Balaban J connectivity index is 0.997. The number of methoxy groups -OCH3 is 1. The molecule has 3 aliphatic heterocycles. The highest BCUT2D eigenvalue weighted by Crippen LogP contribution is 2.47. The second-order valence-corrected chi connectivity index (χ2v) is 21.7. The van der Waals surface area contributed by atoms with Crippen molar-refractivity contribution in [1.29, 1.82) is 0 Å². The van der Waals surface area contributed by atoms with E-state index < -0.39 is 13.6 Å². The van der Waals surface area contributed by atoms with Crippen molar-refractivity contribution in [1.82, 2.24) is 20.3 Å². The van der Waals surface area contributed by atoms with Gasteiger partial charge in [0, 0.05) is 24.1 Å². The Bertz CT molecular complexity index is 2120. The molecule has 5 atom stereocenters. The van der Waals surface area contributed by atoms with Crippen molar-refractivity contribution in [2.45, 2.75) is 87.9 Å². The number of hydrogen-bond acceptors (Lipinski definition) is 8. The first-order valence-electron chi connectivity index (χ1n) is 21.0. The number of rotatable bonds is 14. The Morgan fingerprint density at radius 2 is 1.62 bits per heavy atom. The molecule has 3 saturated heterocycles. The second-order valence-electron chi connectivity index (χ2n) is 17.0. The molecule has 1 amide bonds. The van der Waals surface area contributed by atoms with Crippen LogP contribution < -0.4 is 25.0 Å². The first-order valence-corrected chi connectivity index (χ1v) is 24.1. The molecule has 5 aromatic rings. The van der Waals surface area contributed by atoms with Gasteiger partial charge in [0.25, 0.3) is 5.91 Å². The summed E-state index contributed by atoms with van der Waals surface area (Å²) in [4.78, 5) is 18.7. The minimum atomic E-state index is -2.06. The number of carbonyl (C=O) groups excluding carboxylic acids is 1. The largest absolute Gasteiger partial charge is 0.497 e. The number of aliphatic hydroxyl groups is 1. The quantitative estimate of drug-likeness (QED) is 0.119. The topological polar surface area (TPSA) is 105 Å². The van der Waals surface area contributed by atoms with Crippen molar-refractivity contribution in [3.63, 3.8) is 0 Å². The SMILES string of the molecule is COc1ccc([Si](C)(C)[C@H]2[C@H](C)[C@H](CCc3cccc(N4CN(c5ccccc5)C5(CCNCC5)C4=O)c3)O[C@@H]2CCn2cc(C(CO)c3ccccc3)nn2)cc1. The van der Waals surface area contributed by atoms with E-state index in [9.17, 15) is 9.90 Å². The Hall–Kier alpha value is -4.81. The first-order chi connectivity index (χ1) is 28.2. The fourth-order valence-corrected chi connectivity index (χ4v) is 14.3. The predicted molar refractivity (Wildman–Crippen MR) is 233 cm³/mol. The lowest BCUT2D eigenvalue weighted by atomic mass is 9.86. The molecule has 3 fully saturated rings. The number of piperidine rings is 1. The summed E-state index contributed by atoms with van der Waals surface area (Å²) >= 11 is 0. The van der Waals surface area contributed by atoms with E-state index >= 15 is 0 Å². The van der Waals surface area contributed by atoms with Gasteiger partial charge in [-0.25, -0.2) is 0 Å². The molecule has 4 aromatic carbocycles. The van der Waals surface area contributed by atoms with Crippen LogP contribution in [0.25, 0.3) is 0 Å². The van der Waals surface area contributed by atoms with Gasteiger partial charge in [0.15, 0.2) is 0 Å². The van der Waals surface area contributed by atoms with Crippen molar-refractivity contribution in [2.75, 3.05) is 43.3 Å². The lowest BCUT2D eigenvalue weighted by Gasteiger charge is -2.39. The predicted octanol–water partition coefficient (Wildman–Crippen LogP) is 6.76. The Morgan fingerprint density at radius 3 is 2.33 bits per heavy atom. The van der Waals surface area contributed by atoms with Gasteiger partial charge < -0.3 is 24.8 Å². The molecule has 8 rings (SSSR count). The molecule has 1 aromatic heterocycles. The van der Waals surface area contributed by atoms with Gasteiger partial charge >= 0.3 is 0 Å². The van der Waals surface area contributed by atoms with Crippen molar-refractivity contribution >= 4 is 30.5 Å². The number of benzene rings is 4. The summed E-state index contributed by atoms with van der Waals surface area (Å²) in [5, 5.41) is 24.1. The van der Waals surface area contributed by atoms with Gasteiger partial charge in [-0.2, -0.15) is 0 Å². The van der Waals surface area contributed by atoms with Crippen LogP contribution in [0.1, 0.15) is 55.3 Å². The van der Waals surface area contributed by atoms with Crippen LogP contribution in [0.3, 0.4) is 0 Å². The minimum absolute atomic E-state index is 0.0285. The normalized spacial score (nSPS) is 22.5. The third kappa shape index (κ3) is 7.85. The molecule has 11 heteroatoms. The van der Waals surface area contributed by atoms with Crippen LogP contribution in [0.2, 0.25) is 18.6 Å². The molecule has 304 valence electrons. The smallest absolute Gasteiger partial charge is 0.254 e. The summed E-state index contributed by atoms with van der Waals surface area (Å²) in [7, 11) is -0.345. The molecule has 0 saturated carbocycles. The first kappa shape index (κ1) is 40.0. The van der Waals surface area contributed by atoms with Crippen LogP contribution in [0.15, 0.2) is 115 Å². The van der Waals surface area contributed by atoms with E-state index in [0.29, 0.717) is 24.7 Å². The van der Waals surface area contributed by atoms with E-state index in [1.165, 1.54) is 10.8 Å². The van der Waals surface area contributed by atoms with E-state index in [-0.39, 0.29) is 30.6 Å². The highest BCUT2D eigenvalue weighted by molar-refractivity contribution is 6.91. The average molecular weight is 799 g/mol. The summed E-state index contributed by atoms with van der Waals surface area (Å²) in [6, 6.07) is 37.7. The molecule has 2 N–H and O–H groups in total. The van der Waals surface area contributed by atoms with E-state index in [1.54, 1.807) is 7.11 Å². The maximum atomic E-state index is 14.4. The van der Waals surface area contributed by atoms with Crippen LogP contribution in [0, 0.1) is 5.92 Å². The minimum Gasteiger partial charge on any atom is -0.497 e. The molecule has 4 heterocycles. The zero-order valence-electron chi connectivity index (χ0n) is 34.3. The van der Waals surface area contributed by atoms with Gasteiger partial charge in [-0.3, -0.25) is 14.4 Å². The molecular weight excluding hydrogens is 741 g/mol. The number of ether oxygens (including phenoxy) is 2. The highest BCUT2D eigenvalue weighted by Gasteiger charge is 2.53. The van der Waals surface area contributed by atoms with Gasteiger partial charge in [0.1, 0.15) is 11.3 Å². The summed E-state index contributed by atoms with van der Waals surface area (Å²) in [5.74, 6) is 1.20. The molecule has 1 spiro atoms. The maximum Gasteiger partial charge on any atom is 0.254 e. The monoisotopic (exact) mass is 798 g/mol. The maximum absolute atomic E-state index is 14.4. The molecule has 0 bridgehead atoms. The highest BCUT2D eigenvalue weighted by atomic mass is 28.3. The van der Waals surface area contributed by atoms with Crippen LogP contribution in [-0.4, -0.2) is 85.3 Å². The molecular formula is C47H58N6O4Si. The Labute approximate surface area is 344 Å². The molecule has 10 nitrogen and oxygen atoms in total. The molecule has 3 aliphatic rings. The van der Waals surface area contributed by atoms with Gasteiger partial charge in [-0.15, -0.1) is 5.10 Å². The van der Waals surface area contributed by atoms with Crippen molar-refractivity contribution in [3.8, 4) is 5.75 Å². The number of aryl methyl sites for hydroxylation is 2. The average Bonchev–Trinajstić information content (AvgIpc) is 3.94. The van der Waals surface area contributed by atoms with E-state index in [2.05, 4.69) is 113 Å². The van der Waals surface area contributed by atoms with Crippen LogP contribution in [0.4, 0.5) is 11.4 Å². The number of nitrogens with one attached hydrogen (secondary N) is 1. The van der Waals surface area contributed by atoms with Crippen molar-refractivity contribution in [3.05, 3.63) is 132 Å². The number of aromatic nitrogens is 3. The van der Waals surface area contributed by atoms with E-state index in [4.69, 9.17) is 9.47 Å². The molecule has 1 unspecified atom stereocenters. The van der Waals surface area contributed by atoms with Crippen LogP contribution in [0.5, 0.6) is 5.75 Å². The number of amides is 1. The lowest BCUT2D eigenvalue weighted by Crippen LogP contribution is -2.55. The van der Waals surface area contributed by atoms with Crippen LogP contribution in [-0.2, 0) is 22.5 Å². The zero-order chi connectivity index (χ0) is 40.3. The Morgan fingerprint density at radius 1 is 0.914 bits per heavy atom. The van der Waals surface area contributed by atoms with E-state index in [0.717, 1.165) is 73.6 Å². The second kappa shape index (κ2) is 17.2. The summed E-state index contributed by atoms with van der Waals surface area (Å²) < 4.78 is 14.6. The third-order valence-electron chi connectivity index (χ3n) is 13.4. The van der Waals surface area contributed by atoms with Gasteiger partial charge in [-0.1, -0.05) is 103 Å². The summed E-state index contributed by atoms with van der Waals surface area (Å²) in [6.07, 6.45) is 6.29. The standard InChI is InChI=1S/C47H58N6O4Si/c1-34-43(23-18-35-12-11-17-38(30-35)52-33-53(37-15-9-6-10-16-37)47(46(52)55)25-27-48-28-26-47)57-44(45(34)58(3,4)40-21-19-39(56-2)20-22-40)24-29-51-31-42(49-50-51)41(32-54)36-13-7-5-8-14-36/h5-17,19-22,30-31,34,41,43-45,48,54H,18,23-29,32-33H2,1-4H3/t34-,41?,43+,44-,45+/m1/s1. The van der Waals surface area contributed by atoms with E-state index in [1.807, 2.05) is 52.2 Å². The third-order valence-corrected chi connectivity index (χ3v) is 17.8. The number of anilines is 2. The van der Waals surface area contributed by atoms with Gasteiger partial charge in [0.05, 0.1) is 52.3 Å². The number of aliphatic hydroxyl groups excluding tert-OH is 1. The summed E-state index contributed by atoms with van der Waals surface area (Å²) in [5.41, 5.74) is 4.92. The number of nitrogens with zero attached hydrogens (tertiary/aromatic N) is 5. The van der Waals surface area contributed by atoms with Crippen LogP contribution >= 0.6 is 0 Å². The fraction of sp³-hybridized carbons (Fsp3) is 0.426. The van der Waals surface area contributed by atoms with Crippen molar-refractivity contribution in [2.24, 2.45) is 5.92 Å². The van der Waals surface area contributed by atoms with Gasteiger partial charge in [-0.05, 0) is 104 Å². The molecule has 0 radical (unpaired) electrons. The Kier molecular flexibility index (Phi) is 11.9. The molecule has 0 aliphatic carbocycles. The zero-order valence-corrected chi connectivity index (χ0v) is 35.3. The van der Waals surface area contributed by atoms with Crippen molar-refractivity contribution < 1.29 is 19.4 Å². The van der Waals surface area contributed by atoms with Gasteiger partial charge in [0.2, 0.25) is 0 Å². The summed E-state index contributed by atoms with van der Waals surface area (Å²) in [6.45, 7) is 10.2. The number of carbonyl (C=O) groups is 1. The number of hydrogen-bond donors (Lipinski definition) is 2. The lowest BCUT2D eigenvalue weighted by molar-refractivity contribution is -0.122.